The fourth-order valence-electron chi connectivity index (χ4n) is 3.38. The Morgan fingerprint density at radius 3 is 2.29 bits per heavy atom. The standard InChI is InChI=1S/C23H30Cl2N3O5P/c1-5-32-34(31,33-6-2)12-11-27-18-10-9-17(24)20(21(18)25)22(23(26)30)28-19-13-14(3)7-8-16(19)15(4)29/h7-10,13,22,27-28H,5-6,11-12H2,1-4H3,(H2,26,30). The maximum Gasteiger partial charge on any atom is 0.332 e. The van der Waals surface area contributed by atoms with E-state index in [0.29, 0.717) is 16.9 Å². The Bertz CT molecular complexity index is 1090. The number of primary amides is 1. The van der Waals surface area contributed by atoms with Gasteiger partial charge >= 0.3 is 7.60 Å². The maximum atomic E-state index is 12.7. The van der Waals surface area contributed by atoms with Crippen LogP contribution in [0.1, 0.15) is 48.3 Å². The molecule has 0 spiro atoms. The molecule has 0 aliphatic rings. The summed E-state index contributed by atoms with van der Waals surface area (Å²) in [4.78, 5) is 24.5. The molecule has 8 nitrogen and oxygen atoms in total. The zero-order valence-electron chi connectivity index (χ0n) is 19.6. The monoisotopic (exact) mass is 529 g/mol. The summed E-state index contributed by atoms with van der Waals surface area (Å²) in [6.45, 7) is 7.53. The molecule has 0 aromatic heterocycles. The van der Waals surface area contributed by atoms with Gasteiger partial charge in [0, 0.05) is 28.4 Å². The van der Waals surface area contributed by atoms with E-state index in [1.165, 1.54) is 6.92 Å². The Kier molecular flexibility index (Phi) is 10.4. The molecule has 0 heterocycles. The van der Waals surface area contributed by atoms with E-state index >= 15 is 0 Å². The minimum atomic E-state index is -3.24. The highest BCUT2D eigenvalue weighted by molar-refractivity contribution is 7.53. The number of benzene rings is 2. The minimum Gasteiger partial charge on any atom is -0.383 e. The first kappa shape index (κ1) is 28.1. The van der Waals surface area contributed by atoms with Crippen molar-refractivity contribution in [1.82, 2.24) is 0 Å². The molecule has 2 aromatic rings. The van der Waals surface area contributed by atoms with Gasteiger partial charge in [0.05, 0.1) is 30.1 Å². The summed E-state index contributed by atoms with van der Waals surface area (Å²) in [5.41, 5.74) is 8.15. The molecule has 34 heavy (non-hydrogen) atoms. The van der Waals surface area contributed by atoms with Gasteiger partial charge in [-0.25, -0.2) is 0 Å². The fraction of sp³-hybridized carbons (Fsp3) is 0.391. The molecule has 186 valence electrons. The van der Waals surface area contributed by atoms with Crippen LogP contribution in [-0.4, -0.2) is 37.6 Å². The number of anilines is 2. The van der Waals surface area contributed by atoms with E-state index < -0.39 is 19.5 Å². The van der Waals surface area contributed by atoms with Crippen LogP contribution in [0, 0.1) is 6.92 Å². The number of carbonyl (C=O) groups is 2. The Morgan fingerprint density at radius 2 is 1.74 bits per heavy atom. The van der Waals surface area contributed by atoms with Crippen LogP contribution in [-0.2, 0) is 18.4 Å². The quantitative estimate of drug-likeness (QED) is 0.221. The van der Waals surface area contributed by atoms with Gasteiger partial charge in [-0.2, -0.15) is 0 Å². The number of carbonyl (C=O) groups excluding carboxylic acids is 2. The molecule has 2 rings (SSSR count). The van der Waals surface area contributed by atoms with Gasteiger partial charge in [-0.05, 0) is 57.5 Å². The van der Waals surface area contributed by atoms with Crippen LogP contribution in [0.3, 0.4) is 0 Å². The second kappa shape index (κ2) is 12.6. The van der Waals surface area contributed by atoms with Crippen LogP contribution in [0.15, 0.2) is 30.3 Å². The van der Waals surface area contributed by atoms with Crippen molar-refractivity contribution in [2.75, 3.05) is 36.6 Å². The molecule has 0 aliphatic carbocycles. The third-order valence-electron chi connectivity index (χ3n) is 4.91. The number of halogens is 2. The molecule has 0 radical (unpaired) electrons. The number of ketones is 1. The lowest BCUT2D eigenvalue weighted by molar-refractivity contribution is -0.118. The Labute approximate surface area is 210 Å². The summed E-state index contributed by atoms with van der Waals surface area (Å²) >= 11 is 13.0. The predicted octanol–water partition coefficient (Wildman–Crippen LogP) is 5.82. The van der Waals surface area contributed by atoms with Crippen molar-refractivity contribution in [3.05, 3.63) is 57.1 Å². The van der Waals surface area contributed by atoms with Crippen molar-refractivity contribution in [2.45, 2.75) is 33.7 Å². The lowest BCUT2D eigenvalue weighted by Gasteiger charge is -2.23. The first-order valence-corrected chi connectivity index (χ1v) is 13.3. The first-order chi connectivity index (χ1) is 16.0. The summed E-state index contributed by atoms with van der Waals surface area (Å²) < 4.78 is 23.3. The highest BCUT2D eigenvalue weighted by atomic mass is 35.5. The summed E-state index contributed by atoms with van der Waals surface area (Å²) in [6.07, 6.45) is 0.117. The lowest BCUT2D eigenvalue weighted by Crippen LogP contribution is -2.29. The zero-order valence-corrected chi connectivity index (χ0v) is 22.0. The van der Waals surface area contributed by atoms with Gasteiger partial charge in [0.15, 0.2) is 5.78 Å². The molecule has 4 N–H and O–H groups in total. The van der Waals surface area contributed by atoms with Crippen LogP contribution in [0.5, 0.6) is 0 Å². The molecule has 1 amide bonds. The van der Waals surface area contributed by atoms with Crippen molar-refractivity contribution in [3.63, 3.8) is 0 Å². The van der Waals surface area contributed by atoms with Crippen LogP contribution in [0.2, 0.25) is 10.0 Å². The van der Waals surface area contributed by atoms with E-state index in [-0.39, 0.29) is 47.3 Å². The number of hydrogen-bond donors (Lipinski definition) is 3. The van der Waals surface area contributed by atoms with E-state index in [1.807, 2.05) is 6.92 Å². The van der Waals surface area contributed by atoms with Crippen LogP contribution >= 0.6 is 30.8 Å². The van der Waals surface area contributed by atoms with Crippen molar-refractivity contribution < 1.29 is 23.2 Å². The van der Waals surface area contributed by atoms with Crippen molar-refractivity contribution >= 4 is 53.9 Å². The van der Waals surface area contributed by atoms with E-state index in [2.05, 4.69) is 10.6 Å². The molecule has 0 fully saturated rings. The Morgan fingerprint density at radius 1 is 1.09 bits per heavy atom. The van der Waals surface area contributed by atoms with E-state index in [9.17, 15) is 14.2 Å². The van der Waals surface area contributed by atoms with E-state index in [1.54, 1.807) is 44.2 Å². The van der Waals surface area contributed by atoms with E-state index in [4.69, 9.17) is 38.0 Å². The number of Topliss-reactive ketones (excluding diaryl/α,β-unsaturated/α-hetero) is 1. The molecule has 0 aliphatic heterocycles. The SMILES string of the molecule is CCOP(=O)(CCNc1ccc(Cl)c(C(Nc2cc(C)ccc2C(C)=O)C(N)=O)c1Cl)OCC. The molecule has 1 unspecified atom stereocenters. The minimum absolute atomic E-state index is 0.117. The number of nitrogens with two attached hydrogens (primary N) is 1. The third-order valence-corrected chi connectivity index (χ3v) is 7.72. The predicted molar refractivity (Wildman–Crippen MR) is 137 cm³/mol. The van der Waals surface area contributed by atoms with Crippen LogP contribution < -0.4 is 16.4 Å². The number of hydrogen-bond acceptors (Lipinski definition) is 7. The maximum absolute atomic E-state index is 12.7. The summed E-state index contributed by atoms with van der Waals surface area (Å²) in [6, 6.07) is 7.33. The van der Waals surface area contributed by atoms with Gasteiger partial charge in [0.2, 0.25) is 5.91 Å². The normalized spacial score (nSPS) is 12.3. The van der Waals surface area contributed by atoms with Gasteiger partial charge in [-0.1, -0.05) is 29.3 Å². The molecule has 0 saturated carbocycles. The third kappa shape index (κ3) is 7.20. The highest BCUT2D eigenvalue weighted by Crippen LogP contribution is 2.47. The number of amides is 1. The van der Waals surface area contributed by atoms with E-state index in [0.717, 1.165) is 5.56 Å². The Balaban J connectivity index is 2.36. The fourth-order valence-corrected chi connectivity index (χ4v) is 5.54. The Hall–Kier alpha value is -2.09. The highest BCUT2D eigenvalue weighted by Gasteiger charge is 2.27. The van der Waals surface area contributed by atoms with Gasteiger partial charge in [0.1, 0.15) is 6.04 Å². The van der Waals surface area contributed by atoms with Gasteiger partial charge in [0.25, 0.3) is 0 Å². The molecule has 0 saturated heterocycles. The average Bonchev–Trinajstić information content (AvgIpc) is 2.74. The van der Waals surface area contributed by atoms with Crippen molar-refractivity contribution in [2.24, 2.45) is 5.73 Å². The number of rotatable bonds is 13. The number of nitrogens with one attached hydrogen (secondary N) is 2. The molecule has 2 aromatic carbocycles. The van der Waals surface area contributed by atoms with Gasteiger partial charge < -0.3 is 25.4 Å². The second-order valence-corrected chi connectivity index (χ2v) is 10.5. The average molecular weight is 530 g/mol. The van der Waals surface area contributed by atoms with Gasteiger partial charge in [-0.15, -0.1) is 0 Å². The smallest absolute Gasteiger partial charge is 0.332 e. The lowest BCUT2D eigenvalue weighted by atomic mass is 10.0. The molecular weight excluding hydrogens is 500 g/mol. The van der Waals surface area contributed by atoms with Crippen LogP contribution in [0.4, 0.5) is 11.4 Å². The first-order valence-electron chi connectivity index (χ1n) is 10.8. The number of aryl methyl sites for hydroxylation is 1. The van der Waals surface area contributed by atoms with Crippen molar-refractivity contribution in [1.29, 1.82) is 0 Å². The molecule has 1 atom stereocenters. The molecular formula is C23H30Cl2N3O5P. The summed E-state index contributed by atoms with van der Waals surface area (Å²) in [7, 11) is -3.24. The van der Waals surface area contributed by atoms with Crippen molar-refractivity contribution in [3.8, 4) is 0 Å². The zero-order chi connectivity index (χ0) is 25.5. The van der Waals surface area contributed by atoms with Crippen LogP contribution in [0.25, 0.3) is 0 Å². The topological polar surface area (TPSA) is 120 Å². The summed E-state index contributed by atoms with van der Waals surface area (Å²) in [5.74, 6) is -0.902. The molecule has 11 heteroatoms. The largest absolute Gasteiger partial charge is 0.383 e. The second-order valence-electron chi connectivity index (χ2n) is 7.50. The molecule has 0 bridgehead atoms. The van der Waals surface area contributed by atoms with Gasteiger partial charge in [-0.3, -0.25) is 14.2 Å². The summed E-state index contributed by atoms with van der Waals surface area (Å²) in [5, 5.41) is 6.51.